The van der Waals surface area contributed by atoms with Crippen molar-refractivity contribution in [3.63, 3.8) is 0 Å². The van der Waals surface area contributed by atoms with E-state index in [9.17, 15) is 4.79 Å². The molecule has 138 valence electrons. The number of hydrogen-bond acceptors (Lipinski definition) is 3. The second-order valence-corrected chi connectivity index (χ2v) is 6.78. The first kappa shape index (κ1) is 24.4. The molecule has 0 aliphatic rings. The largest absolute Gasteiger partial charge is 0.376 e. The van der Waals surface area contributed by atoms with Gasteiger partial charge in [-0.25, -0.2) is 5.06 Å². The van der Waals surface area contributed by atoms with Crippen molar-refractivity contribution in [3.8, 4) is 0 Å². The van der Waals surface area contributed by atoms with Crippen molar-refractivity contribution in [3.05, 3.63) is 12.2 Å². The van der Waals surface area contributed by atoms with Crippen LogP contribution in [0.1, 0.15) is 73.6 Å². The molecule has 0 aromatic heterocycles. The van der Waals surface area contributed by atoms with Crippen LogP contribution in [0, 0.1) is 5.92 Å². The fourth-order valence-electron chi connectivity index (χ4n) is 1.80. The molecule has 0 heterocycles. The first-order valence-corrected chi connectivity index (χ1v) is 8.83. The van der Waals surface area contributed by atoms with E-state index in [4.69, 9.17) is 9.57 Å². The predicted molar refractivity (Wildman–Crippen MR) is 98.2 cm³/mol. The zero-order chi connectivity index (χ0) is 18.3. The number of hydrogen-bond donors (Lipinski definition) is 0. The van der Waals surface area contributed by atoms with Crippen LogP contribution >= 0.6 is 0 Å². The molecule has 0 saturated carbocycles. The van der Waals surface area contributed by atoms with Crippen LogP contribution in [0.3, 0.4) is 0 Å². The van der Waals surface area contributed by atoms with Gasteiger partial charge in [0.05, 0.1) is 19.3 Å². The van der Waals surface area contributed by atoms with Crippen molar-refractivity contribution in [2.75, 3.05) is 20.8 Å². The Labute approximate surface area is 144 Å². The maximum atomic E-state index is 11.5. The van der Waals surface area contributed by atoms with E-state index in [1.165, 1.54) is 18.6 Å². The van der Waals surface area contributed by atoms with Gasteiger partial charge in [-0.05, 0) is 46.0 Å². The zero-order valence-electron chi connectivity index (χ0n) is 16.6. The first-order chi connectivity index (χ1) is 10.7. The van der Waals surface area contributed by atoms with Crippen LogP contribution in [0.5, 0.6) is 0 Å². The standard InChI is InChI=1S/C16H31NO3.C3H8/c1-7-10-14(13-20-16(2,3)4)11-8-9-12-15(18)17(5)19-6;1-3-2/h9,12,14H,7-8,10-11,13H2,1-6H3;3H2,1-2H3/b12-9+;. The SMILES string of the molecule is CCC.CCCC(CC/C=C/C(=O)N(C)OC)COC(C)(C)C. The Hall–Kier alpha value is -0.870. The maximum absolute atomic E-state index is 11.5. The lowest BCUT2D eigenvalue weighted by atomic mass is 9.98. The minimum atomic E-state index is -0.134. The zero-order valence-corrected chi connectivity index (χ0v) is 16.6. The quantitative estimate of drug-likeness (QED) is 0.442. The summed E-state index contributed by atoms with van der Waals surface area (Å²) in [6.07, 6.45) is 8.99. The Morgan fingerprint density at radius 2 is 1.74 bits per heavy atom. The Bertz CT molecular complexity index is 308. The Morgan fingerprint density at radius 3 is 2.17 bits per heavy atom. The fraction of sp³-hybridized carbons (Fsp3) is 0.842. The van der Waals surface area contributed by atoms with Gasteiger partial charge in [0, 0.05) is 13.1 Å². The number of carbonyl (C=O) groups excluding carboxylic acids is 1. The molecule has 0 radical (unpaired) electrons. The van der Waals surface area contributed by atoms with Crippen molar-refractivity contribution in [2.24, 2.45) is 5.92 Å². The average Bonchev–Trinajstić information content (AvgIpc) is 2.47. The van der Waals surface area contributed by atoms with Crippen molar-refractivity contribution in [1.82, 2.24) is 5.06 Å². The number of likely N-dealkylation sites (N-methyl/N-ethyl adjacent to an activating group) is 1. The van der Waals surface area contributed by atoms with Gasteiger partial charge < -0.3 is 4.74 Å². The normalized spacial score (nSPS) is 12.7. The third kappa shape index (κ3) is 17.3. The molecule has 0 fully saturated rings. The summed E-state index contributed by atoms with van der Waals surface area (Å²) in [5.74, 6) is 0.421. The molecule has 23 heavy (non-hydrogen) atoms. The molecular formula is C19H39NO3. The number of allylic oxidation sites excluding steroid dienone is 1. The number of hydroxylamine groups is 2. The van der Waals surface area contributed by atoms with Crippen LogP contribution in [0.2, 0.25) is 0 Å². The molecule has 0 aliphatic carbocycles. The topological polar surface area (TPSA) is 38.8 Å². The van der Waals surface area contributed by atoms with E-state index in [1.807, 2.05) is 6.08 Å². The lowest BCUT2D eigenvalue weighted by molar-refractivity contribution is -0.162. The van der Waals surface area contributed by atoms with Gasteiger partial charge >= 0.3 is 0 Å². The molecule has 1 amide bonds. The maximum Gasteiger partial charge on any atom is 0.269 e. The highest BCUT2D eigenvalue weighted by Crippen LogP contribution is 2.18. The molecule has 0 rings (SSSR count). The van der Waals surface area contributed by atoms with Gasteiger partial charge in [-0.3, -0.25) is 9.63 Å². The van der Waals surface area contributed by atoms with Gasteiger partial charge in [-0.15, -0.1) is 0 Å². The summed E-state index contributed by atoms with van der Waals surface area (Å²) in [6, 6.07) is 0. The Balaban J connectivity index is 0. The number of amides is 1. The number of carbonyl (C=O) groups is 1. The summed E-state index contributed by atoms with van der Waals surface area (Å²) in [5.41, 5.74) is -0.0844. The van der Waals surface area contributed by atoms with Gasteiger partial charge in [0.2, 0.25) is 0 Å². The van der Waals surface area contributed by atoms with E-state index >= 15 is 0 Å². The van der Waals surface area contributed by atoms with E-state index in [-0.39, 0.29) is 11.5 Å². The van der Waals surface area contributed by atoms with Gasteiger partial charge in [0.15, 0.2) is 0 Å². The Kier molecular flexibility index (Phi) is 15.6. The van der Waals surface area contributed by atoms with Gasteiger partial charge in [-0.2, -0.15) is 0 Å². The minimum Gasteiger partial charge on any atom is -0.376 e. The van der Waals surface area contributed by atoms with Crippen LogP contribution in [0.25, 0.3) is 0 Å². The molecule has 4 nitrogen and oxygen atoms in total. The Morgan fingerprint density at radius 1 is 1.17 bits per heavy atom. The average molecular weight is 330 g/mol. The molecular weight excluding hydrogens is 290 g/mol. The van der Waals surface area contributed by atoms with Crippen molar-refractivity contribution in [1.29, 1.82) is 0 Å². The van der Waals surface area contributed by atoms with Crippen LogP contribution in [0.15, 0.2) is 12.2 Å². The summed E-state index contributed by atoms with van der Waals surface area (Å²) >= 11 is 0. The van der Waals surface area contributed by atoms with Crippen LogP contribution in [-0.2, 0) is 14.4 Å². The summed E-state index contributed by atoms with van der Waals surface area (Å²) in [6.45, 7) is 13.5. The molecule has 1 atom stereocenters. The molecule has 1 unspecified atom stereocenters. The summed E-state index contributed by atoms with van der Waals surface area (Å²) < 4.78 is 5.86. The van der Waals surface area contributed by atoms with E-state index in [0.717, 1.165) is 32.3 Å². The third-order valence-corrected chi connectivity index (χ3v) is 3.04. The molecule has 4 heteroatoms. The van der Waals surface area contributed by atoms with Crippen molar-refractivity contribution >= 4 is 5.91 Å². The second kappa shape index (κ2) is 14.7. The van der Waals surface area contributed by atoms with Crippen LogP contribution in [0.4, 0.5) is 0 Å². The predicted octanol–water partition coefficient (Wildman–Crippen LogP) is 4.99. The van der Waals surface area contributed by atoms with Gasteiger partial charge in [0.25, 0.3) is 5.91 Å². The summed E-state index contributed by atoms with van der Waals surface area (Å²) in [5, 5.41) is 1.21. The third-order valence-electron chi connectivity index (χ3n) is 3.04. The molecule has 0 aromatic rings. The molecule has 0 aliphatic heterocycles. The van der Waals surface area contributed by atoms with Crippen molar-refractivity contribution in [2.45, 2.75) is 79.2 Å². The highest BCUT2D eigenvalue weighted by molar-refractivity contribution is 5.86. The molecule has 0 bridgehead atoms. The highest BCUT2D eigenvalue weighted by atomic mass is 16.7. The smallest absolute Gasteiger partial charge is 0.269 e. The summed E-state index contributed by atoms with van der Waals surface area (Å²) in [7, 11) is 3.08. The van der Waals surface area contributed by atoms with E-state index in [1.54, 1.807) is 13.1 Å². The second-order valence-electron chi connectivity index (χ2n) is 6.78. The highest BCUT2D eigenvalue weighted by Gasteiger charge is 2.14. The molecule has 0 N–H and O–H groups in total. The molecule has 0 saturated heterocycles. The fourth-order valence-corrected chi connectivity index (χ4v) is 1.80. The number of ether oxygens (including phenoxy) is 1. The lowest BCUT2D eigenvalue weighted by Crippen LogP contribution is -2.24. The monoisotopic (exact) mass is 329 g/mol. The van der Waals surface area contributed by atoms with E-state index < -0.39 is 0 Å². The number of nitrogens with zero attached hydrogens (tertiary/aromatic N) is 1. The van der Waals surface area contributed by atoms with Crippen LogP contribution < -0.4 is 0 Å². The van der Waals surface area contributed by atoms with Crippen molar-refractivity contribution < 1.29 is 14.4 Å². The van der Waals surface area contributed by atoms with Gasteiger partial charge in [-0.1, -0.05) is 39.7 Å². The summed E-state index contributed by atoms with van der Waals surface area (Å²) in [4.78, 5) is 16.3. The number of rotatable bonds is 9. The van der Waals surface area contributed by atoms with Crippen LogP contribution in [-0.4, -0.2) is 37.3 Å². The molecule has 0 aromatic carbocycles. The van der Waals surface area contributed by atoms with E-state index in [2.05, 4.69) is 41.5 Å². The minimum absolute atomic E-state index is 0.0844. The van der Waals surface area contributed by atoms with Gasteiger partial charge in [0.1, 0.15) is 0 Å². The first-order valence-electron chi connectivity index (χ1n) is 8.83. The lowest BCUT2D eigenvalue weighted by Gasteiger charge is -2.24. The van der Waals surface area contributed by atoms with E-state index in [0.29, 0.717) is 5.92 Å². The molecule has 0 spiro atoms.